The van der Waals surface area contributed by atoms with E-state index in [9.17, 15) is 0 Å². The minimum atomic E-state index is 0.878. The molecule has 0 heterocycles. The van der Waals surface area contributed by atoms with Crippen molar-refractivity contribution in [1.82, 2.24) is 10.2 Å². The monoisotopic (exact) mass is 282 g/mol. The van der Waals surface area contributed by atoms with Crippen molar-refractivity contribution in [3.8, 4) is 0 Å². The third-order valence-corrected chi connectivity index (χ3v) is 2.76. The molecule has 0 saturated heterocycles. The maximum atomic E-state index is 4.03. The topological polar surface area (TPSA) is 15.3 Å². The summed E-state index contributed by atoms with van der Waals surface area (Å²) in [5.41, 5.74) is 2.52. The van der Waals surface area contributed by atoms with Crippen LogP contribution in [0.15, 0.2) is 40.9 Å². The molecule has 1 rings (SSSR count). The van der Waals surface area contributed by atoms with E-state index < -0.39 is 0 Å². The van der Waals surface area contributed by atoms with Gasteiger partial charge >= 0.3 is 0 Å². The van der Waals surface area contributed by atoms with Crippen LogP contribution in [0, 0.1) is 0 Å². The maximum absolute atomic E-state index is 4.03. The van der Waals surface area contributed by atoms with E-state index in [1.165, 1.54) is 11.1 Å². The molecule has 88 valence electrons. The first-order valence-electron chi connectivity index (χ1n) is 5.36. The summed E-state index contributed by atoms with van der Waals surface area (Å²) in [7, 11) is 4.06. The predicted octanol–water partition coefficient (Wildman–Crippen LogP) is 2.66. The van der Waals surface area contributed by atoms with Gasteiger partial charge in [0.2, 0.25) is 0 Å². The first kappa shape index (κ1) is 13.4. The van der Waals surface area contributed by atoms with Crippen LogP contribution in [-0.2, 0) is 6.54 Å². The van der Waals surface area contributed by atoms with Gasteiger partial charge in [0.15, 0.2) is 0 Å². The van der Waals surface area contributed by atoms with Crippen LogP contribution in [0.3, 0.4) is 0 Å². The Balaban J connectivity index is 2.45. The fraction of sp³-hybridized carbons (Fsp3) is 0.385. The Bertz CT molecular complexity index is 350. The van der Waals surface area contributed by atoms with Gasteiger partial charge in [-0.25, -0.2) is 0 Å². The van der Waals surface area contributed by atoms with Gasteiger partial charge in [-0.2, -0.15) is 0 Å². The molecule has 0 aliphatic heterocycles. The summed E-state index contributed by atoms with van der Waals surface area (Å²) >= 11 is 3.48. The van der Waals surface area contributed by atoms with Crippen molar-refractivity contribution in [2.24, 2.45) is 0 Å². The highest BCUT2D eigenvalue weighted by Gasteiger charge is 2.02. The minimum Gasteiger partial charge on any atom is -0.316 e. The van der Waals surface area contributed by atoms with Crippen LogP contribution in [-0.4, -0.2) is 32.1 Å². The van der Waals surface area contributed by atoms with E-state index in [1.54, 1.807) is 0 Å². The molecule has 0 unspecified atom stereocenters. The summed E-state index contributed by atoms with van der Waals surface area (Å²) in [5.74, 6) is 0. The summed E-state index contributed by atoms with van der Waals surface area (Å²) in [6, 6.07) is 8.40. The Kier molecular flexibility index (Phi) is 5.74. The standard InChI is InChI=1S/C13H19BrN2/c1-11(8-15-2)9-16(3)10-12-5-4-6-13(14)7-12/h4-7,15H,1,8-10H2,2-3H3. The van der Waals surface area contributed by atoms with Crippen LogP contribution in [0.4, 0.5) is 0 Å². The molecule has 0 atom stereocenters. The fourth-order valence-electron chi connectivity index (χ4n) is 1.69. The van der Waals surface area contributed by atoms with E-state index in [2.05, 4.69) is 58.0 Å². The number of hydrogen-bond donors (Lipinski definition) is 1. The third-order valence-electron chi connectivity index (χ3n) is 2.26. The van der Waals surface area contributed by atoms with Crippen molar-refractivity contribution < 1.29 is 0 Å². The predicted molar refractivity (Wildman–Crippen MR) is 73.5 cm³/mol. The SMILES string of the molecule is C=C(CNC)CN(C)Cc1cccc(Br)c1. The lowest BCUT2D eigenvalue weighted by atomic mass is 10.2. The van der Waals surface area contributed by atoms with Crippen molar-refractivity contribution in [3.05, 3.63) is 46.5 Å². The van der Waals surface area contributed by atoms with Gasteiger partial charge < -0.3 is 5.32 Å². The quantitative estimate of drug-likeness (QED) is 0.807. The number of rotatable bonds is 6. The molecule has 0 bridgehead atoms. The van der Waals surface area contributed by atoms with Crippen LogP contribution in [0.2, 0.25) is 0 Å². The van der Waals surface area contributed by atoms with Crippen molar-refractivity contribution in [3.63, 3.8) is 0 Å². The Morgan fingerprint density at radius 1 is 1.50 bits per heavy atom. The highest BCUT2D eigenvalue weighted by molar-refractivity contribution is 9.10. The first-order valence-corrected chi connectivity index (χ1v) is 6.15. The lowest BCUT2D eigenvalue weighted by Crippen LogP contribution is -2.24. The van der Waals surface area contributed by atoms with E-state index >= 15 is 0 Å². The lowest BCUT2D eigenvalue weighted by molar-refractivity contribution is 0.353. The number of nitrogens with zero attached hydrogens (tertiary/aromatic N) is 1. The molecular weight excluding hydrogens is 264 g/mol. The Labute approximate surface area is 106 Å². The second-order valence-electron chi connectivity index (χ2n) is 4.08. The molecule has 0 aromatic heterocycles. The normalized spacial score (nSPS) is 10.8. The first-order chi connectivity index (χ1) is 7.61. The van der Waals surface area contributed by atoms with Crippen LogP contribution < -0.4 is 5.32 Å². The molecular formula is C13H19BrN2. The smallest absolute Gasteiger partial charge is 0.0234 e. The average Bonchev–Trinajstić information content (AvgIpc) is 2.17. The van der Waals surface area contributed by atoms with Gasteiger partial charge in [0.25, 0.3) is 0 Å². The van der Waals surface area contributed by atoms with Crippen LogP contribution in [0.5, 0.6) is 0 Å². The van der Waals surface area contributed by atoms with Gasteiger partial charge in [0.05, 0.1) is 0 Å². The summed E-state index contributed by atoms with van der Waals surface area (Å²) < 4.78 is 1.13. The molecule has 0 amide bonds. The molecule has 0 aliphatic rings. The Morgan fingerprint density at radius 2 is 2.25 bits per heavy atom. The van der Waals surface area contributed by atoms with Gasteiger partial charge in [0, 0.05) is 24.1 Å². The number of likely N-dealkylation sites (N-methyl/N-ethyl adjacent to an activating group) is 2. The largest absolute Gasteiger partial charge is 0.316 e. The molecule has 0 spiro atoms. The Morgan fingerprint density at radius 3 is 2.88 bits per heavy atom. The van der Waals surface area contributed by atoms with Crippen molar-refractivity contribution in [2.45, 2.75) is 6.54 Å². The number of nitrogens with one attached hydrogen (secondary N) is 1. The molecule has 0 saturated carbocycles. The second kappa shape index (κ2) is 6.84. The van der Waals surface area contributed by atoms with E-state index in [0.717, 1.165) is 24.1 Å². The van der Waals surface area contributed by atoms with Gasteiger partial charge in [-0.05, 0) is 37.4 Å². The molecule has 2 nitrogen and oxygen atoms in total. The molecule has 1 N–H and O–H groups in total. The molecule has 16 heavy (non-hydrogen) atoms. The molecule has 0 fully saturated rings. The zero-order valence-corrected chi connectivity index (χ0v) is 11.5. The average molecular weight is 283 g/mol. The summed E-state index contributed by atoms with van der Waals surface area (Å²) in [6.45, 7) is 6.78. The van der Waals surface area contributed by atoms with E-state index in [1.807, 2.05) is 13.1 Å². The van der Waals surface area contributed by atoms with Crippen molar-refractivity contribution in [2.75, 3.05) is 27.2 Å². The summed E-state index contributed by atoms with van der Waals surface area (Å²) in [4.78, 5) is 2.27. The fourth-order valence-corrected chi connectivity index (χ4v) is 2.14. The zero-order chi connectivity index (χ0) is 12.0. The van der Waals surface area contributed by atoms with Gasteiger partial charge in [0.1, 0.15) is 0 Å². The van der Waals surface area contributed by atoms with Gasteiger partial charge in [-0.15, -0.1) is 0 Å². The summed E-state index contributed by atoms with van der Waals surface area (Å²) in [6.07, 6.45) is 0. The van der Waals surface area contributed by atoms with Crippen molar-refractivity contribution >= 4 is 15.9 Å². The Hall–Kier alpha value is -0.640. The van der Waals surface area contributed by atoms with Crippen molar-refractivity contribution in [1.29, 1.82) is 0 Å². The highest BCUT2D eigenvalue weighted by Crippen LogP contribution is 2.13. The van der Waals surface area contributed by atoms with Crippen LogP contribution >= 0.6 is 15.9 Å². The zero-order valence-electron chi connectivity index (χ0n) is 9.96. The molecule has 0 aliphatic carbocycles. The molecule has 3 heteroatoms. The number of benzene rings is 1. The minimum absolute atomic E-state index is 0.878. The van der Waals surface area contributed by atoms with Gasteiger partial charge in [-0.3, -0.25) is 4.90 Å². The van der Waals surface area contributed by atoms with E-state index in [-0.39, 0.29) is 0 Å². The van der Waals surface area contributed by atoms with Crippen LogP contribution in [0.25, 0.3) is 0 Å². The summed E-state index contributed by atoms with van der Waals surface area (Å²) in [5, 5.41) is 3.11. The molecule has 1 aromatic rings. The molecule has 0 radical (unpaired) electrons. The number of hydrogen-bond acceptors (Lipinski definition) is 2. The molecule has 1 aromatic carbocycles. The lowest BCUT2D eigenvalue weighted by Gasteiger charge is -2.18. The highest BCUT2D eigenvalue weighted by atomic mass is 79.9. The second-order valence-corrected chi connectivity index (χ2v) is 5.00. The van der Waals surface area contributed by atoms with E-state index in [0.29, 0.717) is 0 Å². The maximum Gasteiger partial charge on any atom is 0.0234 e. The van der Waals surface area contributed by atoms with Crippen LogP contribution in [0.1, 0.15) is 5.56 Å². The number of halogens is 1. The van der Waals surface area contributed by atoms with E-state index in [4.69, 9.17) is 0 Å². The third kappa shape index (κ3) is 4.92. The van der Waals surface area contributed by atoms with Gasteiger partial charge in [-0.1, -0.05) is 34.6 Å².